The Hall–Kier alpha value is -6.42. The van der Waals surface area contributed by atoms with Gasteiger partial charge in [0.1, 0.15) is 0 Å². The van der Waals surface area contributed by atoms with E-state index < -0.39 is 23.0 Å². The first-order chi connectivity index (χ1) is 32.0. The third-order valence-corrected chi connectivity index (χ3v) is 13.6. The normalized spacial score (nSPS) is 14.2. The Morgan fingerprint density at radius 3 is 1.18 bits per heavy atom. The first kappa shape index (κ1) is 44.8. The second-order valence-electron chi connectivity index (χ2n) is 16.9. The number of benzene rings is 8. The first-order valence-electron chi connectivity index (χ1n) is 21.8. The van der Waals surface area contributed by atoms with Gasteiger partial charge in [-0.25, -0.2) is 9.97 Å². The van der Waals surface area contributed by atoms with Crippen molar-refractivity contribution in [3.8, 4) is 11.8 Å². The molecule has 0 aliphatic heterocycles. The Bertz CT molecular complexity index is 3110. The minimum absolute atomic E-state index is 0.407. The fourth-order valence-corrected chi connectivity index (χ4v) is 10.3. The molecule has 8 heteroatoms. The molecule has 0 unspecified atom stereocenters. The fourth-order valence-electron chi connectivity index (χ4n) is 9.58. The number of fused-ring (bicyclic) bond motifs is 4. The van der Waals surface area contributed by atoms with Crippen LogP contribution < -0.4 is 9.47 Å². The zero-order chi connectivity index (χ0) is 46.0. The molecule has 10 aromatic rings. The number of ether oxygens (including phenoxy) is 2. The molecule has 0 amide bonds. The van der Waals surface area contributed by atoms with E-state index in [1.54, 1.807) is 14.2 Å². The average Bonchev–Trinajstić information content (AvgIpc) is 3.34. The van der Waals surface area contributed by atoms with Crippen molar-refractivity contribution in [2.24, 2.45) is 0 Å². The van der Waals surface area contributed by atoms with Gasteiger partial charge in [0.2, 0.25) is 11.8 Å². The van der Waals surface area contributed by atoms with Gasteiger partial charge in [0.25, 0.3) is 0 Å². The highest BCUT2D eigenvalue weighted by atomic mass is 79.9. The molecule has 0 saturated carbocycles. The molecule has 4 atom stereocenters. The summed E-state index contributed by atoms with van der Waals surface area (Å²) >= 11 is 7.14. The van der Waals surface area contributed by atoms with E-state index in [1.807, 2.05) is 135 Å². The summed E-state index contributed by atoms with van der Waals surface area (Å²) in [5, 5.41) is 30.8. The first-order valence-corrected chi connectivity index (χ1v) is 23.4. The molecule has 0 aliphatic rings. The van der Waals surface area contributed by atoms with Gasteiger partial charge in [0.05, 0.1) is 36.5 Å². The standard InChI is InChI=1S/2C29H24BrNO2/c2*1-29(32,25-14-8-12-19-9-6-7-13-23(19)25)27(20-10-4-3-5-11-20)24-18-21-17-22(30)15-16-26(21)31-28(24)33-2/h2*3-18,27,32H,1-2H3/t2*27-,29-/m10/s1. The number of methoxy groups -OCH3 is 2. The van der Waals surface area contributed by atoms with Crippen molar-refractivity contribution in [1.82, 2.24) is 9.97 Å². The van der Waals surface area contributed by atoms with Gasteiger partial charge in [-0.15, -0.1) is 0 Å². The molecule has 0 fully saturated rings. The third kappa shape index (κ3) is 8.70. The molecular weight excluding hydrogens is 948 g/mol. The van der Waals surface area contributed by atoms with Crippen molar-refractivity contribution in [3.63, 3.8) is 0 Å². The quantitative estimate of drug-likeness (QED) is 0.142. The van der Waals surface area contributed by atoms with Crippen molar-refractivity contribution in [2.75, 3.05) is 14.2 Å². The summed E-state index contributed by atoms with van der Waals surface area (Å²) in [6.07, 6.45) is 0. The van der Waals surface area contributed by atoms with Gasteiger partial charge in [0, 0.05) is 42.7 Å². The van der Waals surface area contributed by atoms with Crippen LogP contribution in [0.25, 0.3) is 43.4 Å². The Morgan fingerprint density at radius 1 is 0.424 bits per heavy atom. The number of halogens is 2. The van der Waals surface area contributed by atoms with E-state index in [2.05, 4.69) is 105 Å². The summed E-state index contributed by atoms with van der Waals surface area (Å²) in [6, 6.07) is 64.8. The SMILES string of the molecule is COc1nc2ccc(Br)cc2cc1[C@@H](c1ccccc1)[C@](C)(O)c1cccc2ccccc12.COc1nc2ccc(Br)cc2cc1[C@H](c1ccccc1)[C@@](C)(O)c1cccc2ccccc12. The number of pyridine rings is 2. The Labute approximate surface area is 401 Å². The number of aromatic nitrogens is 2. The van der Waals surface area contributed by atoms with Gasteiger partial charge in [-0.05, 0) is 106 Å². The van der Waals surface area contributed by atoms with Crippen LogP contribution in [0.1, 0.15) is 59.1 Å². The molecule has 8 aromatic carbocycles. The van der Waals surface area contributed by atoms with E-state index in [0.717, 1.165) is 85.7 Å². The van der Waals surface area contributed by atoms with Gasteiger partial charge in [-0.2, -0.15) is 0 Å². The highest BCUT2D eigenvalue weighted by Crippen LogP contribution is 2.48. The maximum absolute atomic E-state index is 12.3. The molecule has 0 radical (unpaired) electrons. The second-order valence-corrected chi connectivity index (χ2v) is 18.7. The molecule has 66 heavy (non-hydrogen) atoms. The number of rotatable bonds is 10. The Balaban J connectivity index is 0.000000166. The van der Waals surface area contributed by atoms with E-state index in [0.29, 0.717) is 11.8 Å². The molecule has 2 aromatic heterocycles. The zero-order valence-electron chi connectivity index (χ0n) is 37.0. The Morgan fingerprint density at radius 2 is 0.788 bits per heavy atom. The molecule has 2 heterocycles. The van der Waals surface area contributed by atoms with Gasteiger partial charge >= 0.3 is 0 Å². The number of nitrogens with zero attached hydrogens (tertiary/aromatic N) is 2. The smallest absolute Gasteiger partial charge is 0.217 e. The predicted octanol–water partition coefficient (Wildman–Crippen LogP) is 14.4. The second kappa shape index (κ2) is 18.8. The lowest BCUT2D eigenvalue weighted by molar-refractivity contribution is 0.0395. The zero-order valence-corrected chi connectivity index (χ0v) is 40.2. The predicted molar refractivity (Wildman–Crippen MR) is 276 cm³/mol. The summed E-state index contributed by atoms with van der Waals surface area (Å²) in [7, 11) is 3.26. The molecule has 2 N–H and O–H groups in total. The molecular formula is C58H48Br2N2O4. The van der Waals surface area contributed by atoms with Crippen LogP contribution in [0.4, 0.5) is 0 Å². The number of aliphatic hydroxyl groups is 2. The number of hydrogen-bond donors (Lipinski definition) is 2. The minimum Gasteiger partial charge on any atom is -0.481 e. The lowest BCUT2D eigenvalue weighted by Gasteiger charge is -2.35. The van der Waals surface area contributed by atoms with Crippen LogP contribution in [0.2, 0.25) is 0 Å². The van der Waals surface area contributed by atoms with Crippen LogP contribution in [0.5, 0.6) is 11.8 Å². The van der Waals surface area contributed by atoms with Crippen LogP contribution in [0.15, 0.2) is 203 Å². The lowest BCUT2D eigenvalue weighted by atomic mass is 9.73. The van der Waals surface area contributed by atoms with Gasteiger partial charge in [-0.1, -0.05) is 177 Å². The largest absolute Gasteiger partial charge is 0.481 e. The third-order valence-electron chi connectivity index (χ3n) is 12.6. The van der Waals surface area contributed by atoms with Gasteiger partial charge in [-0.3, -0.25) is 0 Å². The van der Waals surface area contributed by atoms with Gasteiger partial charge in [0.15, 0.2) is 0 Å². The summed E-state index contributed by atoms with van der Waals surface area (Å²) in [5.41, 5.74) is 4.60. The summed E-state index contributed by atoms with van der Waals surface area (Å²) < 4.78 is 13.5. The van der Waals surface area contributed by atoms with Crippen LogP contribution in [-0.2, 0) is 11.2 Å². The van der Waals surface area contributed by atoms with Crippen molar-refractivity contribution in [2.45, 2.75) is 36.9 Å². The topological polar surface area (TPSA) is 84.7 Å². The molecule has 328 valence electrons. The van der Waals surface area contributed by atoms with Crippen molar-refractivity contribution in [1.29, 1.82) is 0 Å². The molecule has 6 nitrogen and oxygen atoms in total. The highest BCUT2D eigenvalue weighted by molar-refractivity contribution is 9.10. The average molecular weight is 997 g/mol. The van der Waals surface area contributed by atoms with E-state index >= 15 is 0 Å². The summed E-state index contributed by atoms with van der Waals surface area (Å²) in [4.78, 5) is 9.59. The number of hydrogen-bond acceptors (Lipinski definition) is 6. The fraction of sp³-hybridized carbons (Fsp3) is 0.138. The summed E-state index contributed by atoms with van der Waals surface area (Å²) in [5.74, 6) is 0.212. The molecule has 0 saturated heterocycles. The van der Waals surface area contributed by atoms with E-state index in [9.17, 15) is 10.2 Å². The maximum Gasteiger partial charge on any atom is 0.217 e. The van der Waals surface area contributed by atoms with Crippen molar-refractivity contribution in [3.05, 3.63) is 236 Å². The minimum atomic E-state index is -1.24. The highest BCUT2D eigenvalue weighted by Gasteiger charge is 2.41. The van der Waals surface area contributed by atoms with E-state index in [1.165, 1.54) is 0 Å². The summed E-state index contributed by atoms with van der Waals surface area (Å²) in [6.45, 7) is 3.77. The molecule has 0 aliphatic carbocycles. The van der Waals surface area contributed by atoms with Crippen molar-refractivity contribution >= 4 is 75.2 Å². The van der Waals surface area contributed by atoms with Crippen LogP contribution >= 0.6 is 31.9 Å². The van der Waals surface area contributed by atoms with E-state index in [4.69, 9.17) is 19.4 Å². The van der Waals surface area contributed by atoms with Crippen molar-refractivity contribution < 1.29 is 19.7 Å². The molecule has 0 bridgehead atoms. The Kier molecular flexibility index (Phi) is 12.8. The lowest BCUT2D eigenvalue weighted by Crippen LogP contribution is -2.31. The molecule has 0 spiro atoms. The molecule has 10 rings (SSSR count). The van der Waals surface area contributed by atoms with Crippen LogP contribution in [-0.4, -0.2) is 34.4 Å². The monoisotopic (exact) mass is 994 g/mol. The maximum atomic E-state index is 12.3. The van der Waals surface area contributed by atoms with E-state index in [-0.39, 0.29) is 0 Å². The van der Waals surface area contributed by atoms with Crippen LogP contribution in [0, 0.1) is 0 Å². The van der Waals surface area contributed by atoms with Gasteiger partial charge < -0.3 is 19.7 Å². The van der Waals surface area contributed by atoms with Crippen LogP contribution in [0.3, 0.4) is 0 Å².